The van der Waals surface area contributed by atoms with Crippen LogP contribution < -0.4 is 11.1 Å². The predicted molar refractivity (Wildman–Crippen MR) is 77.4 cm³/mol. The molecule has 6 heteroatoms. The molecule has 5 nitrogen and oxygen atoms in total. The molecule has 19 heavy (non-hydrogen) atoms. The molecule has 0 radical (unpaired) electrons. The number of carbonyl (C=O) groups excluding carboxylic acids is 1. The predicted octanol–water partition coefficient (Wildman–Crippen LogP) is 2.98. The number of nitrogens with zero attached hydrogens (tertiary/aromatic N) is 1. The Bertz CT molecular complexity index is 477. The summed E-state index contributed by atoms with van der Waals surface area (Å²) in [7, 11) is 1.30. The second-order valence-electron chi connectivity index (χ2n) is 4.14. The van der Waals surface area contributed by atoms with Crippen molar-refractivity contribution in [3.05, 3.63) is 10.4 Å². The van der Waals surface area contributed by atoms with Gasteiger partial charge in [-0.25, -0.2) is 4.79 Å². The summed E-state index contributed by atoms with van der Waals surface area (Å²) < 4.78 is 4.70. The van der Waals surface area contributed by atoms with Crippen molar-refractivity contribution in [1.82, 2.24) is 0 Å². The van der Waals surface area contributed by atoms with Crippen LogP contribution in [-0.2, 0) is 4.74 Å². The third kappa shape index (κ3) is 3.86. The summed E-state index contributed by atoms with van der Waals surface area (Å²) >= 11 is 1.20. The molecule has 0 spiro atoms. The first-order valence-corrected chi connectivity index (χ1v) is 7.11. The van der Waals surface area contributed by atoms with Gasteiger partial charge in [0.1, 0.15) is 21.5 Å². The molecule has 0 amide bonds. The Labute approximate surface area is 117 Å². The second kappa shape index (κ2) is 7.64. The van der Waals surface area contributed by atoms with Crippen molar-refractivity contribution >= 4 is 28.0 Å². The quantitative estimate of drug-likeness (QED) is 0.592. The van der Waals surface area contributed by atoms with Crippen molar-refractivity contribution < 1.29 is 9.53 Å². The number of methoxy groups -OCH3 is 1. The molecule has 3 N–H and O–H groups in total. The minimum Gasteiger partial charge on any atom is -0.465 e. The van der Waals surface area contributed by atoms with Gasteiger partial charge in [0.25, 0.3) is 0 Å². The molecule has 0 fully saturated rings. The van der Waals surface area contributed by atoms with Crippen LogP contribution in [0.15, 0.2) is 0 Å². The highest BCUT2D eigenvalue weighted by Gasteiger charge is 2.22. The number of unbranched alkanes of at least 4 members (excludes halogenated alkanes) is 3. The van der Waals surface area contributed by atoms with Crippen LogP contribution in [0.25, 0.3) is 0 Å². The average molecular weight is 281 g/mol. The Kier molecular flexibility index (Phi) is 6.16. The number of rotatable bonds is 7. The highest BCUT2D eigenvalue weighted by atomic mass is 32.1. The molecule has 1 aromatic heterocycles. The number of carbonyl (C=O) groups is 1. The zero-order valence-corrected chi connectivity index (χ0v) is 12.1. The molecule has 0 atom stereocenters. The van der Waals surface area contributed by atoms with E-state index in [9.17, 15) is 4.79 Å². The zero-order chi connectivity index (χ0) is 14.3. The van der Waals surface area contributed by atoms with E-state index in [1.165, 1.54) is 31.3 Å². The Balaban J connectivity index is 2.76. The highest BCUT2D eigenvalue weighted by Crippen LogP contribution is 2.35. The highest BCUT2D eigenvalue weighted by molar-refractivity contribution is 7.17. The van der Waals surface area contributed by atoms with Crippen LogP contribution in [0.2, 0.25) is 0 Å². The van der Waals surface area contributed by atoms with Crippen molar-refractivity contribution in [1.29, 1.82) is 5.26 Å². The van der Waals surface area contributed by atoms with Gasteiger partial charge in [0.15, 0.2) is 0 Å². The molecule has 0 aliphatic heterocycles. The molecular formula is C13H19N3O2S. The van der Waals surface area contributed by atoms with Crippen molar-refractivity contribution in [2.45, 2.75) is 32.6 Å². The fourth-order valence-corrected chi connectivity index (χ4v) is 2.64. The van der Waals surface area contributed by atoms with Crippen LogP contribution in [0.1, 0.15) is 47.8 Å². The van der Waals surface area contributed by atoms with E-state index >= 15 is 0 Å². The molecule has 0 aliphatic carbocycles. The van der Waals surface area contributed by atoms with Gasteiger partial charge in [0.2, 0.25) is 0 Å². The fourth-order valence-electron chi connectivity index (χ4n) is 1.71. The summed E-state index contributed by atoms with van der Waals surface area (Å²) in [6.07, 6.45) is 4.54. The first kappa shape index (κ1) is 15.3. The lowest BCUT2D eigenvalue weighted by atomic mass is 10.2. The Morgan fingerprint density at radius 3 is 2.79 bits per heavy atom. The van der Waals surface area contributed by atoms with Crippen molar-refractivity contribution in [2.24, 2.45) is 0 Å². The number of esters is 1. The number of thiophene rings is 1. The van der Waals surface area contributed by atoms with Gasteiger partial charge in [-0.2, -0.15) is 5.26 Å². The third-order valence-electron chi connectivity index (χ3n) is 2.75. The van der Waals surface area contributed by atoms with E-state index in [0.29, 0.717) is 9.88 Å². The van der Waals surface area contributed by atoms with Gasteiger partial charge in [0.05, 0.1) is 12.8 Å². The van der Waals surface area contributed by atoms with E-state index in [1.807, 2.05) is 6.07 Å². The molecular weight excluding hydrogens is 262 g/mol. The average Bonchev–Trinajstić information content (AvgIpc) is 2.74. The van der Waals surface area contributed by atoms with Gasteiger partial charge in [-0.3, -0.25) is 0 Å². The molecule has 1 heterocycles. The van der Waals surface area contributed by atoms with Gasteiger partial charge in [-0.1, -0.05) is 26.2 Å². The maximum absolute atomic E-state index is 11.7. The van der Waals surface area contributed by atoms with E-state index in [2.05, 4.69) is 12.2 Å². The fraction of sp³-hybridized carbons (Fsp3) is 0.538. The smallest absolute Gasteiger partial charge is 0.343 e. The number of hydrogen-bond donors (Lipinski definition) is 2. The van der Waals surface area contributed by atoms with Gasteiger partial charge < -0.3 is 15.8 Å². The molecule has 0 saturated carbocycles. The van der Waals surface area contributed by atoms with Gasteiger partial charge in [-0.15, -0.1) is 11.3 Å². The molecule has 0 aromatic carbocycles. The van der Waals surface area contributed by atoms with E-state index in [1.54, 1.807) is 0 Å². The van der Waals surface area contributed by atoms with Crippen LogP contribution in [0.5, 0.6) is 0 Å². The number of anilines is 2. The summed E-state index contributed by atoms with van der Waals surface area (Å²) in [6.45, 7) is 2.91. The van der Waals surface area contributed by atoms with Gasteiger partial charge in [-0.05, 0) is 6.42 Å². The number of nitrogens with one attached hydrogen (secondary N) is 1. The summed E-state index contributed by atoms with van der Waals surface area (Å²) in [5.41, 5.74) is 6.27. The minimum absolute atomic E-state index is 0.204. The maximum Gasteiger partial charge on any atom is 0.343 e. The van der Waals surface area contributed by atoms with Crippen LogP contribution in [0, 0.1) is 11.3 Å². The van der Waals surface area contributed by atoms with Crippen LogP contribution in [-0.4, -0.2) is 19.6 Å². The molecule has 0 aliphatic rings. The standard InChI is InChI=1S/C13H19N3O2S/c1-3-4-5-6-7-16-12-10(13(17)18-2)11(15)9(8-14)19-12/h16H,3-7,15H2,1-2H3. The lowest BCUT2D eigenvalue weighted by Gasteiger charge is -2.06. The Morgan fingerprint density at radius 1 is 1.47 bits per heavy atom. The van der Waals surface area contributed by atoms with Crippen molar-refractivity contribution in [2.75, 3.05) is 24.7 Å². The maximum atomic E-state index is 11.7. The number of nitrogen functional groups attached to an aromatic ring is 1. The normalized spacial score (nSPS) is 9.95. The largest absolute Gasteiger partial charge is 0.465 e. The molecule has 0 unspecified atom stereocenters. The summed E-state index contributed by atoms with van der Waals surface area (Å²) in [4.78, 5) is 12.0. The number of nitriles is 1. The molecule has 104 valence electrons. The van der Waals surface area contributed by atoms with Crippen molar-refractivity contribution in [3.63, 3.8) is 0 Å². The lowest BCUT2D eigenvalue weighted by molar-refractivity contribution is 0.0603. The molecule has 1 rings (SSSR count). The minimum atomic E-state index is -0.508. The van der Waals surface area contributed by atoms with Gasteiger partial charge >= 0.3 is 5.97 Å². The van der Waals surface area contributed by atoms with Gasteiger partial charge in [0, 0.05) is 6.54 Å². The third-order valence-corrected chi connectivity index (χ3v) is 3.82. The summed E-state index contributed by atoms with van der Waals surface area (Å²) in [5, 5.41) is 12.7. The Morgan fingerprint density at radius 2 is 2.21 bits per heavy atom. The number of ether oxygens (including phenoxy) is 1. The molecule has 0 bridgehead atoms. The molecule has 1 aromatic rings. The molecule has 0 saturated heterocycles. The first-order valence-electron chi connectivity index (χ1n) is 6.30. The monoisotopic (exact) mass is 281 g/mol. The van der Waals surface area contributed by atoms with Crippen LogP contribution in [0.3, 0.4) is 0 Å². The van der Waals surface area contributed by atoms with Crippen LogP contribution in [0.4, 0.5) is 10.7 Å². The topological polar surface area (TPSA) is 88.1 Å². The summed E-state index contributed by atoms with van der Waals surface area (Å²) in [6, 6.07) is 1.99. The van der Waals surface area contributed by atoms with E-state index in [0.717, 1.165) is 19.4 Å². The second-order valence-corrected chi connectivity index (χ2v) is 5.16. The van der Waals surface area contributed by atoms with E-state index in [-0.39, 0.29) is 11.3 Å². The SMILES string of the molecule is CCCCCCNc1sc(C#N)c(N)c1C(=O)OC. The van der Waals surface area contributed by atoms with Crippen molar-refractivity contribution in [3.8, 4) is 6.07 Å². The first-order chi connectivity index (χ1) is 9.15. The number of hydrogen-bond acceptors (Lipinski definition) is 6. The van der Waals surface area contributed by atoms with E-state index in [4.69, 9.17) is 15.7 Å². The Hall–Kier alpha value is -1.74. The zero-order valence-electron chi connectivity index (χ0n) is 11.3. The summed E-state index contributed by atoms with van der Waals surface area (Å²) in [5.74, 6) is -0.508. The lowest BCUT2D eigenvalue weighted by Crippen LogP contribution is -2.09. The number of nitrogens with two attached hydrogens (primary N) is 1. The van der Waals surface area contributed by atoms with E-state index < -0.39 is 5.97 Å². The van der Waals surface area contributed by atoms with Crippen LogP contribution >= 0.6 is 11.3 Å².